The molecule has 7 nitrogen and oxygen atoms in total. The third-order valence-corrected chi connectivity index (χ3v) is 4.25. The second-order valence-electron chi connectivity index (χ2n) is 5.20. The molecule has 0 saturated carbocycles. The summed E-state index contributed by atoms with van der Waals surface area (Å²) in [5.41, 5.74) is 6.43. The van der Waals surface area contributed by atoms with Crippen LogP contribution in [0, 0.1) is 0 Å². The molecule has 2 aromatic carbocycles. The summed E-state index contributed by atoms with van der Waals surface area (Å²) in [6.45, 7) is 0. The first-order chi connectivity index (χ1) is 12.5. The Hall–Kier alpha value is -3.00. The lowest BCUT2D eigenvalue weighted by Crippen LogP contribution is -2.21. The summed E-state index contributed by atoms with van der Waals surface area (Å²) < 4.78 is 5.16. The van der Waals surface area contributed by atoms with E-state index in [1.54, 1.807) is 42.5 Å². The van der Waals surface area contributed by atoms with E-state index in [0.29, 0.717) is 17.1 Å². The summed E-state index contributed by atoms with van der Waals surface area (Å²) in [6.07, 6.45) is 0. The minimum atomic E-state index is -0.621. The Morgan fingerprint density at radius 1 is 0.923 bits per heavy atom. The summed E-state index contributed by atoms with van der Waals surface area (Å²) in [5.74, 6) is -0.468. The fraction of sp³-hybridized carbons (Fsp3) is 0.167. The number of carbonyl (C=O) groups is 3. The van der Waals surface area contributed by atoms with Gasteiger partial charge in [0.25, 0.3) is 5.91 Å². The van der Waals surface area contributed by atoms with Gasteiger partial charge in [0.05, 0.1) is 35.6 Å². The van der Waals surface area contributed by atoms with Crippen LogP contribution in [-0.2, 0) is 9.59 Å². The van der Waals surface area contributed by atoms with Crippen molar-refractivity contribution in [1.29, 1.82) is 0 Å². The van der Waals surface area contributed by atoms with Gasteiger partial charge in [-0.05, 0) is 24.3 Å². The number of nitrogens with one attached hydrogen (secondary N) is 2. The van der Waals surface area contributed by atoms with Gasteiger partial charge in [-0.25, -0.2) is 0 Å². The Bertz CT molecular complexity index is 811. The Morgan fingerprint density at radius 3 is 2.08 bits per heavy atom. The van der Waals surface area contributed by atoms with Gasteiger partial charge in [0.1, 0.15) is 5.75 Å². The molecule has 2 aromatic rings. The highest BCUT2D eigenvalue weighted by molar-refractivity contribution is 8.00. The van der Waals surface area contributed by atoms with Crippen molar-refractivity contribution in [2.45, 2.75) is 0 Å². The van der Waals surface area contributed by atoms with Crippen LogP contribution < -0.4 is 21.1 Å². The van der Waals surface area contributed by atoms with Crippen molar-refractivity contribution in [2.75, 3.05) is 29.2 Å². The molecular weight excluding hydrogens is 354 g/mol. The monoisotopic (exact) mass is 373 g/mol. The molecular formula is C18H19N3O4S. The maximum atomic E-state index is 12.0. The number of hydrogen-bond donors (Lipinski definition) is 3. The van der Waals surface area contributed by atoms with Crippen molar-refractivity contribution < 1.29 is 19.1 Å². The minimum Gasteiger partial charge on any atom is -0.495 e. The van der Waals surface area contributed by atoms with Crippen molar-refractivity contribution in [3.8, 4) is 5.75 Å². The number of rotatable bonds is 8. The van der Waals surface area contributed by atoms with Crippen molar-refractivity contribution in [3.05, 3.63) is 54.1 Å². The first kappa shape index (κ1) is 19.3. The maximum absolute atomic E-state index is 12.0. The Balaban J connectivity index is 1.81. The lowest BCUT2D eigenvalue weighted by molar-refractivity contribution is -0.114. The van der Waals surface area contributed by atoms with Crippen LogP contribution in [0.25, 0.3) is 0 Å². The lowest BCUT2D eigenvalue weighted by atomic mass is 10.1. The molecule has 0 aliphatic carbocycles. The molecule has 0 aliphatic rings. The van der Waals surface area contributed by atoms with Crippen LogP contribution in [-0.4, -0.2) is 36.3 Å². The molecule has 0 fully saturated rings. The number of amides is 3. The quantitative estimate of drug-likeness (QED) is 0.656. The minimum absolute atomic E-state index is 0.0619. The molecule has 4 N–H and O–H groups in total. The number of thioether (sulfide) groups is 1. The molecule has 26 heavy (non-hydrogen) atoms. The van der Waals surface area contributed by atoms with Crippen LogP contribution in [0.3, 0.4) is 0 Å². The SMILES string of the molecule is COc1ccccc1NC(=O)CSCC(=O)Nc1ccccc1C(N)=O. The van der Waals surface area contributed by atoms with E-state index in [1.807, 2.05) is 0 Å². The molecule has 0 bridgehead atoms. The standard InChI is InChI=1S/C18H19N3O4S/c1-25-15-9-5-4-8-14(15)21-17(23)11-26-10-16(22)20-13-7-3-2-6-12(13)18(19)24/h2-9H,10-11H2,1H3,(H2,19,24)(H,20,22)(H,21,23). The van der Waals surface area contributed by atoms with Gasteiger partial charge in [0, 0.05) is 0 Å². The number of nitrogens with two attached hydrogens (primary N) is 1. The average molecular weight is 373 g/mol. The van der Waals surface area contributed by atoms with Crippen LogP contribution in [0.15, 0.2) is 48.5 Å². The summed E-state index contributed by atoms with van der Waals surface area (Å²) in [7, 11) is 1.52. The third kappa shape index (κ3) is 5.52. The fourth-order valence-corrected chi connectivity index (χ4v) is 2.78. The van der Waals surface area contributed by atoms with E-state index in [2.05, 4.69) is 10.6 Å². The van der Waals surface area contributed by atoms with E-state index < -0.39 is 5.91 Å². The van der Waals surface area contributed by atoms with E-state index in [1.165, 1.54) is 13.2 Å². The Morgan fingerprint density at radius 2 is 1.46 bits per heavy atom. The van der Waals surface area contributed by atoms with E-state index in [4.69, 9.17) is 10.5 Å². The second-order valence-corrected chi connectivity index (χ2v) is 6.18. The molecule has 2 rings (SSSR count). The van der Waals surface area contributed by atoms with Crippen molar-refractivity contribution in [3.63, 3.8) is 0 Å². The normalized spacial score (nSPS) is 10.0. The van der Waals surface area contributed by atoms with Gasteiger partial charge in [0.2, 0.25) is 11.8 Å². The van der Waals surface area contributed by atoms with Gasteiger partial charge in [-0.3, -0.25) is 14.4 Å². The molecule has 0 atom stereocenters. The average Bonchev–Trinajstić information content (AvgIpc) is 2.62. The van der Waals surface area contributed by atoms with Crippen LogP contribution >= 0.6 is 11.8 Å². The predicted octanol–water partition coefficient (Wildman–Crippen LogP) is 2.10. The van der Waals surface area contributed by atoms with Crippen LogP contribution in [0.1, 0.15) is 10.4 Å². The zero-order chi connectivity index (χ0) is 18.9. The van der Waals surface area contributed by atoms with Gasteiger partial charge in [0.15, 0.2) is 0 Å². The zero-order valence-corrected chi connectivity index (χ0v) is 15.0. The largest absolute Gasteiger partial charge is 0.495 e. The number of anilines is 2. The number of methoxy groups -OCH3 is 1. The first-order valence-corrected chi connectivity index (χ1v) is 8.86. The Kier molecular flexibility index (Phi) is 7.04. The van der Waals surface area contributed by atoms with Gasteiger partial charge in [-0.2, -0.15) is 0 Å². The number of carbonyl (C=O) groups excluding carboxylic acids is 3. The number of para-hydroxylation sites is 3. The summed E-state index contributed by atoms with van der Waals surface area (Å²) in [4.78, 5) is 35.3. The molecule has 136 valence electrons. The molecule has 0 saturated heterocycles. The number of benzene rings is 2. The van der Waals surface area contributed by atoms with Crippen LogP contribution in [0.2, 0.25) is 0 Å². The van der Waals surface area contributed by atoms with Crippen molar-refractivity contribution >= 4 is 40.9 Å². The second kappa shape index (κ2) is 9.47. The summed E-state index contributed by atoms with van der Waals surface area (Å²) >= 11 is 1.15. The van der Waals surface area contributed by atoms with Crippen molar-refractivity contribution in [1.82, 2.24) is 0 Å². The number of primary amides is 1. The molecule has 0 heterocycles. The molecule has 0 aromatic heterocycles. The first-order valence-electron chi connectivity index (χ1n) is 7.70. The molecule has 0 unspecified atom stereocenters. The highest BCUT2D eigenvalue weighted by Gasteiger charge is 2.12. The smallest absolute Gasteiger partial charge is 0.250 e. The number of hydrogen-bond acceptors (Lipinski definition) is 5. The molecule has 8 heteroatoms. The van der Waals surface area contributed by atoms with Crippen LogP contribution in [0.5, 0.6) is 5.75 Å². The van der Waals surface area contributed by atoms with E-state index in [-0.39, 0.29) is 28.9 Å². The van der Waals surface area contributed by atoms with Crippen LogP contribution in [0.4, 0.5) is 11.4 Å². The zero-order valence-electron chi connectivity index (χ0n) is 14.2. The van der Waals surface area contributed by atoms with Gasteiger partial charge >= 0.3 is 0 Å². The highest BCUT2D eigenvalue weighted by atomic mass is 32.2. The summed E-state index contributed by atoms with van der Waals surface area (Å²) in [5, 5.41) is 5.35. The molecule has 0 radical (unpaired) electrons. The van der Waals surface area contributed by atoms with Gasteiger partial charge in [-0.15, -0.1) is 11.8 Å². The van der Waals surface area contributed by atoms with E-state index in [0.717, 1.165) is 11.8 Å². The van der Waals surface area contributed by atoms with Gasteiger partial charge in [-0.1, -0.05) is 24.3 Å². The lowest BCUT2D eigenvalue weighted by Gasteiger charge is -2.10. The topological polar surface area (TPSA) is 111 Å². The molecule has 0 spiro atoms. The van der Waals surface area contributed by atoms with E-state index >= 15 is 0 Å². The fourth-order valence-electron chi connectivity index (χ4n) is 2.16. The van der Waals surface area contributed by atoms with E-state index in [9.17, 15) is 14.4 Å². The number of ether oxygens (including phenoxy) is 1. The molecule has 3 amide bonds. The summed E-state index contributed by atoms with van der Waals surface area (Å²) in [6, 6.07) is 13.5. The van der Waals surface area contributed by atoms with Crippen molar-refractivity contribution in [2.24, 2.45) is 5.73 Å². The highest BCUT2D eigenvalue weighted by Crippen LogP contribution is 2.23. The third-order valence-electron chi connectivity index (χ3n) is 3.31. The Labute approximate surface area is 155 Å². The molecule has 0 aliphatic heterocycles. The predicted molar refractivity (Wildman–Crippen MR) is 103 cm³/mol. The maximum Gasteiger partial charge on any atom is 0.250 e. The van der Waals surface area contributed by atoms with Gasteiger partial charge < -0.3 is 21.1 Å².